The summed E-state index contributed by atoms with van der Waals surface area (Å²) in [6.07, 6.45) is 3.36. The highest BCUT2D eigenvalue weighted by Crippen LogP contribution is 2.32. The van der Waals surface area contributed by atoms with E-state index in [-0.39, 0.29) is 5.41 Å². The van der Waals surface area contributed by atoms with Crippen molar-refractivity contribution in [2.24, 2.45) is 5.92 Å². The van der Waals surface area contributed by atoms with Crippen LogP contribution in [0.4, 0.5) is 0 Å². The number of aliphatic hydroxyl groups excluding tert-OH is 1. The van der Waals surface area contributed by atoms with Crippen molar-refractivity contribution >= 4 is 0 Å². The minimum atomic E-state index is -0.506. The molecule has 0 aliphatic heterocycles. The maximum absolute atomic E-state index is 10.1. The minimum Gasteiger partial charge on any atom is -0.386 e. The van der Waals surface area contributed by atoms with Gasteiger partial charge in [-0.15, -0.1) is 0 Å². The number of ether oxygens (including phenoxy) is 1. The second-order valence-electron chi connectivity index (χ2n) is 6.69. The summed E-state index contributed by atoms with van der Waals surface area (Å²) in [5.41, 5.74) is 2.39. The summed E-state index contributed by atoms with van der Waals surface area (Å²) < 4.78 is 5.55. The largest absolute Gasteiger partial charge is 0.386 e. The van der Waals surface area contributed by atoms with Crippen LogP contribution in [-0.2, 0) is 10.2 Å². The van der Waals surface area contributed by atoms with Crippen LogP contribution in [0.2, 0.25) is 0 Å². The van der Waals surface area contributed by atoms with Crippen molar-refractivity contribution in [3.63, 3.8) is 0 Å². The molecule has 0 amide bonds. The van der Waals surface area contributed by atoms with Gasteiger partial charge in [-0.1, -0.05) is 57.9 Å². The number of benzene rings is 1. The summed E-state index contributed by atoms with van der Waals surface area (Å²) in [6.45, 7) is 7.77. The number of hydrogen-bond acceptors (Lipinski definition) is 2. The van der Waals surface area contributed by atoms with E-state index in [4.69, 9.17) is 4.74 Å². The van der Waals surface area contributed by atoms with Gasteiger partial charge in [0, 0.05) is 6.61 Å². The zero-order chi connectivity index (χ0) is 13.9. The molecular formula is C17H26O2. The molecule has 0 heterocycles. The summed E-state index contributed by atoms with van der Waals surface area (Å²) in [5.74, 6) is 0.892. The highest BCUT2D eigenvalue weighted by atomic mass is 16.5. The second kappa shape index (κ2) is 6.06. The Hall–Kier alpha value is -0.860. The summed E-state index contributed by atoms with van der Waals surface area (Å²) in [4.78, 5) is 0. The molecule has 19 heavy (non-hydrogen) atoms. The van der Waals surface area contributed by atoms with Gasteiger partial charge in [0.2, 0.25) is 0 Å². The molecule has 0 radical (unpaired) electrons. The maximum Gasteiger partial charge on any atom is 0.102 e. The van der Waals surface area contributed by atoms with Crippen LogP contribution in [0.3, 0.4) is 0 Å². The van der Waals surface area contributed by atoms with Crippen LogP contribution in [0.1, 0.15) is 57.3 Å². The predicted molar refractivity (Wildman–Crippen MR) is 78.3 cm³/mol. The summed E-state index contributed by atoms with van der Waals surface area (Å²) in [5, 5.41) is 10.1. The highest BCUT2D eigenvalue weighted by molar-refractivity contribution is 5.28. The molecule has 0 saturated heterocycles. The van der Waals surface area contributed by atoms with Crippen molar-refractivity contribution in [1.29, 1.82) is 0 Å². The van der Waals surface area contributed by atoms with E-state index >= 15 is 0 Å². The van der Waals surface area contributed by atoms with Crippen LogP contribution < -0.4 is 0 Å². The van der Waals surface area contributed by atoms with Gasteiger partial charge in [-0.2, -0.15) is 0 Å². The average molecular weight is 262 g/mol. The molecule has 2 nitrogen and oxygen atoms in total. The first-order chi connectivity index (χ1) is 8.97. The Morgan fingerprint density at radius 3 is 2.37 bits per heavy atom. The molecule has 2 heteroatoms. The fourth-order valence-corrected chi connectivity index (χ4v) is 2.15. The Labute approximate surface area is 116 Å². The molecule has 2 rings (SSSR count). The molecule has 1 N–H and O–H groups in total. The summed E-state index contributed by atoms with van der Waals surface area (Å²) in [6, 6.07) is 8.22. The lowest BCUT2D eigenvalue weighted by Gasteiger charge is -2.20. The molecule has 1 aromatic carbocycles. The van der Waals surface area contributed by atoms with Gasteiger partial charge in [-0.25, -0.2) is 0 Å². The Bertz CT molecular complexity index is 385. The highest BCUT2D eigenvalue weighted by Gasteiger charge is 2.20. The maximum atomic E-state index is 10.1. The van der Waals surface area contributed by atoms with E-state index in [2.05, 4.69) is 32.9 Å². The fraction of sp³-hybridized carbons (Fsp3) is 0.647. The number of aliphatic hydroxyl groups is 1. The van der Waals surface area contributed by atoms with E-state index in [9.17, 15) is 5.11 Å². The normalized spacial score (nSPS) is 17.5. The van der Waals surface area contributed by atoms with Gasteiger partial charge in [-0.05, 0) is 28.9 Å². The molecule has 0 aromatic heterocycles. The molecule has 1 aromatic rings. The molecule has 0 bridgehead atoms. The third-order valence-corrected chi connectivity index (χ3v) is 3.80. The van der Waals surface area contributed by atoms with Crippen LogP contribution in [0.25, 0.3) is 0 Å². The van der Waals surface area contributed by atoms with Crippen molar-refractivity contribution in [1.82, 2.24) is 0 Å². The average Bonchev–Trinajstić information content (AvgIpc) is 3.17. The summed E-state index contributed by atoms with van der Waals surface area (Å²) >= 11 is 0. The van der Waals surface area contributed by atoms with Crippen LogP contribution in [-0.4, -0.2) is 18.3 Å². The topological polar surface area (TPSA) is 29.5 Å². The molecule has 1 aliphatic rings. The molecule has 0 spiro atoms. The van der Waals surface area contributed by atoms with E-state index in [1.165, 1.54) is 18.4 Å². The van der Waals surface area contributed by atoms with E-state index in [1.54, 1.807) is 0 Å². The third-order valence-electron chi connectivity index (χ3n) is 3.80. The van der Waals surface area contributed by atoms with Gasteiger partial charge in [0.15, 0.2) is 0 Å². The Morgan fingerprint density at radius 2 is 1.84 bits per heavy atom. The quantitative estimate of drug-likeness (QED) is 0.789. The van der Waals surface area contributed by atoms with Crippen LogP contribution in [0.5, 0.6) is 0 Å². The first-order valence-corrected chi connectivity index (χ1v) is 7.33. The van der Waals surface area contributed by atoms with Crippen LogP contribution >= 0.6 is 0 Å². The SMILES string of the molecule is CC(C)(C)c1ccc(C(O)COCCC2CC2)cc1. The zero-order valence-corrected chi connectivity index (χ0v) is 12.4. The minimum absolute atomic E-state index is 0.157. The Balaban J connectivity index is 1.79. The molecule has 1 aliphatic carbocycles. The standard InChI is InChI=1S/C17H26O2/c1-17(2,3)15-8-6-14(7-9-15)16(18)12-19-11-10-13-4-5-13/h6-9,13,16,18H,4-5,10-12H2,1-3H3. The number of rotatable bonds is 6. The van der Waals surface area contributed by atoms with E-state index in [0.717, 1.165) is 24.5 Å². The molecule has 1 fully saturated rings. The van der Waals surface area contributed by atoms with Gasteiger partial charge in [0.25, 0.3) is 0 Å². The Morgan fingerprint density at radius 1 is 1.21 bits per heavy atom. The van der Waals surface area contributed by atoms with Crippen molar-refractivity contribution in [2.45, 2.75) is 51.6 Å². The number of hydrogen-bond donors (Lipinski definition) is 1. The van der Waals surface area contributed by atoms with Crippen LogP contribution in [0.15, 0.2) is 24.3 Å². The molecule has 1 unspecified atom stereocenters. The van der Waals surface area contributed by atoms with Gasteiger partial charge >= 0.3 is 0 Å². The molecule has 106 valence electrons. The van der Waals surface area contributed by atoms with Gasteiger partial charge in [0.05, 0.1) is 6.61 Å². The van der Waals surface area contributed by atoms with Crippen LogP contribution in [0, 0.1) is 5.92 Å². The first kappa shape index (κ1) is 14.5. The lowest BCUT2D eigenvalue weighted by atomic mass is 9.86. The first-order valence-electron chi connectivity index (χ1n) is 7.33. The Kier molecular flexibility index (Phi) is 4.64. The monoisotopic (exact) mass is 262 g/mol. The lowest BCUT2D eigenvalue weighted by molar-refractivity contribution is 0.0336. The van der Waals surface area contributed by atoms with Crippen molar-refractivity contribution in [3.8, 4) is 0 Å². The molecule has 1 atom stereocenters. The lowest BCUT2D eigenvalue weighted by Crippen LogP contribution is -2.12. The third kappa shape index (κ3) is 4.63. The van der Waals surface area contributed by atoms with Gasteiger partial charge in [-0.3, -0.25) is 0 Å². The molecular weight excluding hydrogens is 236 g/mol. The predicted octanol–water partition coefficient (Wildman–Crippen LogP) is 3.83. The second-order valence-corrected chi connectivity index (χ2v) is 6.69. The van der Waals surface area contributed by atoms with Gasteiger partial charge < -0.3 is 9.84 Å². The molecule has 1 saturated carbocycles. The zero-order valence-electron chi connectivity index (χ0n) is 12.4. The van der Waals surface area contributed by atoms with Crippen molar-refractivity contribution in [2.75, 3.05) is 13.2 Å². The summed E-state index contributed by atoms with van der Waals surface area (Å²) in [7, 11) is 0. The van der Waals surface area contributed by atoms with Gasteiger partial charge in [0.1, 0.15) is 6.10 Å². The van der Waals surface area contributed by atoms with Crippen molar-refractivity contribution < 1.29 is 9.84 Å². The fourth-order valence-electron chi connectivity index (χ4n) is 2.15. The van der Waals surface area contributed by atoms with Crippen molar-refractivity contribution in [3.05, 3.63) is 35.4 Å². The van der Waals surface area contributed by atoms with E-state index < -0.39 is 6.10 Å². The van der Waals surface area contributed by atoms with E-state index in [1.807, 2.05) is 12.1 Å². The van der Waals surface area contributed by atoms with E-state index in [0.29, 0.717) is 6.61 Å². The smallest absolute Gasteiger partial charge is 0.102 e.